The molecule has 5 aromatic carbocycles. The summed E-state index contributed by atoms with van der Waals surface area (Å²) in [6.45, 7) is 2.29. The van der Waals surface area contributed by atoms with E-state index in [1.807, 2.05) is 24.3 Å². The molecule has 5 rings (SSSR count). The normalized spacial score (nSPS) is 12.0. The number of hydrogen-bond donors (Lipinski definition) is 4. The Morgan fingerprint density at radius 2 is 0.894 bits per heavy atom. The summed E-state index contributed by atoms with van der Waals surface area (Å²) in [5, 5.41) is 27.0. The van der Waals surface area contributed by atoms with E-state index in [-0.39, 0.29) is 55.4 Å². The molecule has 0 spiro atoms. The van der Waals surface area contributed by atoms with Crippen molar-refractivity contribution in [3.63, 3.8) is 0 Å². The van der Waals surface area contributed by atoms with Crippen molar-refractivity contribution in [2.45, 2.75) is 38.8 Å². The molecule has 4 N–H and O–H groups in total. The number of carbonyl (C=O) groups excluding carboxylic acids is 6. The maximum atomic E-state index is 13.5. The van der Waals surface area contributed by atoms with Gasteiger partial charge in [-0.15, -0.1) is 23.2 Å². The molecular formula is C46H42Cl4N8O8. The fourth-order valence-corrected chi connectivity index (χ4v) is 7.01. The van der Waals surface area contributed by atoms with Crippen molar-refractivity contribution in [2.75, 3.05) is 47.2 Å². The minimum atomic E-state index is -1.66. The number of azo groups is 2. The number of ether oxygens (including phenoxy) is 2. The van der Waals surface area contributed by atoms with E-state index in [0.29, 0.717) is 36.0 Å². The number of benzene rings is 5. The lowest BCUT2D eigenvalue weighted by molar-refractivity contribution is -0.127. The first-order valence-corrected chi connectivity index (χ1v) is 21.7. The first-order valence-electron chi connectivity index (χ1n) is 19.9. The minimum Gasteiger partial charge on any atom is -0.491 e. The van der Waals surface area contributed by atoms with E-state index in [4.69, 9.17) is 55.9 Å². The third kappa shape index (κ3) is 13.9. The van der Waals surface area contributed by atoms with E-state index >= 15 is 0 Å². The predicted molar refractivity (Wildman–Crippen MR) is 255 cm³/mol. The zero-order valence-corrected chi connectivity index (χ0v) is 38.8. The molecule has 5 aromatic rings. The number of amides is 4. The molecule has 0 saturated carbocycles. The van der Waals surface area contributed by atoms with Crippen LogP contribution in [-0.4, -0.2) is 73.3 Å². The first kappa shape index (κ1) is 50.3. The van der Waals surface area contributed by atoms with Crippen molar-refractivity contribution in [3.8, 4) is 11.5 Å². The van der Waals surface area contributed by atoms with Gasteiger partial charge >= 0.3 is 0 Å². The Morgan fingerprint density at radius 1 is 0.530 bits per heavy atom. The topological polar surface area (TPSA) is 218 Å². The quantitative estimate of drug-likeness (QED) is 0.0333. The Kier molecular flexibility index (Phi) is 18.3. The molecule has 0 fully saturated rings. The standard InChI is InChI=1S/C46H42Cl4N8O8/c1-25(59)39(57-55-35-21-29(19-31(49)23-35)43(61)51-33-9-5-27(6-10-33)15-17-47)45(63)53-37-13-14-38(42(66-4)41(37)65-3)54-46(64)40(26(2)60)58-56-36-22-30(20-32(50)24-36)44(62)52-34-11-7-28(8-12-34)16-18-48/h5-14,19-24,39-40H,15-18H2,1-4H3,(H,51,61)(H,52,62)(H,53,63)(H,54,64). The van der Waals surface area contributed by atoms with Gasteiger partial charge in [0.15, 0.2) is 23.1 Å². The number of rotatable bonds is 20. The van der Waals surface area contributed by atoms with Crippen LogP contribution in [0.2, 0.25) is 10.0 Å². The molecule has 0 aliphatic carbocycles. The smallest absolute Gasteiger partial charge is 0.258 e. The number of hydrogen-bond acceptors (Lipinski definition) is 12. The SMILES string of the molecule is COc1c(NC(=O)C(N=Nc2cc(Cl)cc(C(=O)Nc3ccc(CCCl)cc3)c2)C(C)=O)ccc(NC(=O)C(N=Nc2cc(Cl)cc(C(=O)Nc3ccc(CCCl)cc3)c2)C(C)=O)c1OC. The molecule has 16 nitrogen and oxygen atoms in total. The van der Waals surface area contributed by atoms with Crippen molar-refractivity contribution in [3.05, 3.63) is 129 Å². The molecule has 4 amide bonds. The lowest BCUT2D eigenvalue weighted by Gasteiger charge is -2.19. The van der Waals surface area contributed by atoms with E-state index in [2.05, 4.69) is 41.7 Å². The zero-order chi connectivity index (χ0) is 47.9. The van der Waals surface area contributed by atoms with Crippen LogP contribution < -0.4 is 30.7 Å². The highest BCUT2D eigenvalue weighted by molar-refractivity contribution is 6.31. The average molecular weight is 977 g/mol. The summed E-state index contributed by atoms with van der Waals surface area (Å²) >= 11 is 24.2. The summed E-state index contributed by atoms with van der Waals surface area (Å²) in [7, 11) is 2.55. The fourth-order valence-electron chi connectivity index (χ4n) is 6.11. The molecule has 0 aromatic heterocycles. The van der Waals surface area contributed by atoms with Gasteiger partial charge in [0.05, 0.1) is 37.0 Å². The molecule has 0 saturated heterocycles. The van der Waals surface area contributed by atoms with Crippen LogP contribution >= 0.6 is 46.4 Å². The summed E-state index contributed by atoms with van der Waals surface area (Å²) in [4.78, 5) is 78.5. The average Bonchev–Trinajstić information content (AvgIpc) is 3.27. The monoisotopic (exact) mass is 974 g/mol. The van der Waals surface area contributed by atoms with Gasteiger partial charge in [-0.25, -0.2) is 0 Å². The van der Waals surface area contributed by atoms with Gasteiger partial charge in [0.2, 0.25) is 12.1 Å². The summed E-state index contributed by atoms with van der Waals surface area (Å²) in [6.07, 6.45) is 1.36. The fraction of sp³-hybridized carbons (Fsp3) is 0.217. The van der Waals surface area contributed by atoms with Crippen LogP contribution in [0, 0.1) is 0 Å². The Hall–Kier alpha value is -6.72. The summed E-state index contributed by atoms with van der Waals surface area (Å²) in [6, 6.07) is 22.2. The molecule has 342 valence electrons. The second-order valence-corrected chi connectivity index (χ2v) is 15.9. The number of nitrogens with one attached hydrogen (secondary N) is 4. The second-order valence-electron chi connectivity index (χ2n) is 14.2. The lowest BCUT2D eigenvalue weighted by atomic mass is 10.1. The van der Waals surface area contributed by atoms with E-state index in [1.165, 1.54) is 62.8 Å². The second kappa shape index (κ2) is 24.0. The highest BCUT2D eigenvalue weighted by Crippen LogP contribution is 2.42. The molecule has 2 atom stereocenters. The number of alkyl halides is 2. The lowest BCUT2D eigenvalue weighted by Crippen LogP contribution is -2.32. The van der Waals surface area contributed by atoms with Gasteiger partial charge in [-0.05, 0) is 111 Å². The Morgan fingerprint density at radius 3 is 1.21 bits per heavy atom. The highest BCUT2D eigenvalue weighted by atomic mass is 35.5. The summed E-state index contributed by atoms with van der Waals surface area (Å²) in [5.41, 5.74) is 3.59. The third-order valence-electron chi connectivity index (χ3n) is 9.36. The van der Waals surface area contributed by atoms with E-state index < -0.39 is 47.3 Å². The van der Waals surface area contributed by atoms with Crippen LogP contribution in [0.4, 0.5) is 34.1 Å². The Balaban J connectivity index is 1.28. The Bertz CT molecular complexity index is 2500. The van der Waals surface area contributed by atoms with Gasteiger partial charge in [-0.2, -0.15) is 20.5 Å². The van der Waals surface area contributed by atoms with Gasteiger partial charge in [0.1, 0.15) is 0 Å². The summed E-state index contributed by atoms with van der Waals surface area (Å²) in [5.74, 6) is -3.35. The third-order valence-corrected chi connectivity index (χ3v) is 10.2. The van der Waals surface area contributed by atoms with Gasteiger partial charge < -0.3 is 30.7 Å². The molecule has 0 heterocycles. The van der Waals surface area contributed by atoms with Crippen molar-refractivity contribution in [1.29, 1.82) is 0 Å². The number of ketones is 2. The van der Waals surface area contributed by atoms with Crippen molar-refractivity contribution in [2.24, 2.45) is 20.5 Å². The minimum absolute atomic E-state index is 0.0168. The summed E-state index contributed by atoms with van der Waals surface area (Å²) < 4.78 is 11.1. The van der Waals surface area contributed by atoms with Gasteiger partial charge in [0.25, 0.3) is 23.6 Å². The molecule has 0 bridgehead atoms. The van der Waals surface area contributed by atoms with Crippen molar-refractivity contribution >= 4 is 116 Å². The van der Waals surface area contributed by atoms with E-state index in [1.54, 1.807) is 24.3 Å². The first-order chi connectivity index (χ1) is 31.6. The van der Waals surface area contributed by atoms with Crippen LogP contribution in [0.5, 0.6) is 11.5 Å². The van der Waals surface area contributed by atoms with E-state index in [0.717, 1.165) is 25.0 Å². The molecule has 66 heavy (non-hydrogen) atoms. The molecule has 0 aliphatic heterocycles. The number of halogens is 4. The number of anilines is 4. The van der Waals surface area contributed by atoms with Crippen LogP contribution in [0.15, 0.2) is 118 Å². The van der Waals surface area contributed by atoms with Gasteiger partial charge in [-0.1, -0.05) is 47.5 Å². The Labute approximate surface area is 399 Å². The van der Waals surface area contributed by atoms with Gasteiger partial charge in [0, 0.05) is 44.3 Å². The maximum absolute atomic E-state index is 13.5. The number of methoxy groups -OCH3 is 2. The molecule has 20 heteroatoms. The number of carbonyl (C=O) groups is 6. The maximum Gasteiger partial charge on any atom is 0.258 e. The van der Waals surface area contributed by atoms with Crippen LogP contribution in [0.1, 0.15) is 45.7 Å². The number of nitrogens with zero attached hydrogens (tertiary/aromatic N) is 4. The van der Waals surface area contributed by atoms with Gasteiger partial charge in [-0.3, -0.25) is 28.8 Å². The van der Waals surface area contributed by atoms with Crippen molar-refractivity contribution in [1.82, 2.24) is 0 Å². The van der Waals surface area contributed by atoms with Crippen LogP contribution in [0.25, 0.3) is 0 Å². The highest BCUT2D eigenvalue weighted by Gasteiger charge is 2.28. The zero-order valence-electron chi connectivity index (χ0n) is 35.8. The van der Waals surface area contributed by atoms with E-state index in [9.17, 15) is 28.8 Å². The van der Waals surface area contributed by atoms with Crippen molar-refractivity contribution < 1.29 is 38.2 Å². The van der Waals surface area contributed by atoms with Crippen LogP contribution in [-0.2, 0) is 32.0 Å². The predicted octanol–water partition coefficient (Wildman–Crippen LogP) is 10.4. The molecule has 2 unspecified atom stereocenters. The number of aryl methyl sites for hydroxylation is 2. The van der Waals surface area contributed by atoms with Crippen LogP contribution in [0.3, 0.4) is 0 Å². The molecule has 0 aliphatic rings. The molecular weight excluding hydrogens is 934 g/mol. The molecule has 0 radical (unpaired) electrons. The number of Topliss-reactive ketones (excluding diaryl/α,β-unsaturated/α-hetero) is 2. The largest absolute Gasteiger partial charge is 0.491 e.